The zero-order valence-electron chi connectivity index (χ0n) is 17.2. The summed E-state index contributed by atoms with van der Waals surface area (Å²) in [4.78, 5) is 11.5. The van der Waals surface area contributed by atoms with Gasteiger partial charge in [-0.3, -0.25) is 4.79 Å². The Hall–Kier alpha value is -1.47. The van der Waals surface area contributed by atoms with E-state index in [9.17, 15) is 4.79 Å². The highest BCUT2D eigenvalue weighted by molar-refractivity contribution is 5.69. The van der Waals surface area contributed by atoms with Gasteiger partial charge in [0.1, 0.15) is 6.61 Å². The van der Waals surface area contributed by atoms with Crippen LogP contribution in [-0.4, -0.2) is 58.8 Å². The summed E-state index contributed by atoms with van der Waals surface area (Å²) < 4.78 is 26.9. The first-order valence-corrected chi connectivity index (χ1v) is 10.3. The number of hydrogen-bond donors (Lipinski definition) is 0. The third-order valence-corrected chi connectivity index (χ3v) is 3.95. The van der Waals surface area contributed by atoms with Crippen LogP contribution in [0, 0.1) is 0 Å². The normalized spacial score (nSPS) is 10.9. The maximum atomic E-state index is 11.5. The Morgan fingerprint density at radius 2 is 1.29 bits per heavy atom. The quantitative estimate of drug-likeness (QED) is 0.262. The van der Waals surface area contributed by atoms with E-state index in [2.05, 4.69) is 6.92 Å². The highest BCUT2D eigenvalue weighted by atomic mass is 16.6. The summed E-state index contributed by atoms with van der Waals surface area (Å²) >= 11 is 0. The Morgan fingerprint density at radius 3 is 1.89 bits per heavy atom. The number of benzene rings is 1. The van der Waals surface area contributed by atoms with Gasteiger partial charge in [0, 0.05) is 6.42 Å². The van der Waals surface area contributed by atoms with Crippen molar-refractivity contribution in [2.75, 3.05) is 52.9 Å². The van der Waals surface area contributed by atoms with Gasteiger partial charge in [-0.25, -0.2) is 0 Å². The monoisotopic (exact) mass is 396 g/mol. The molecule has 1 aromatic rings. The van der Waals surface area contributed by atoms with E-state index >= 15 is 0 Å². The molecule has 160 valence electrons. The molecule has 1 rings (SSSR count). The average molecular weight is 397 g/mol. The molecule has 0 amide bonds. The van der Waals surface area contributed by atoms with Crippen LogP contribution in [0.25, 0.3) is 0 Å². The van der Waals surface area contributed by atoms with Gasteiger partial charge in [-0.15, -0.1) is 0 Å². The van der Waals surface area contributed by atoms with Crippen LogP contribution < -0.4 is 0 Å². The lowest BCUT2D eigenvalue weighted by Crippen LogP contribution is -2.14. The van der Waals surface area contributed by atoms with E-state index in [0.717, 1.165) is 18.4 Å². The Bertz CT molecular complexity index is 465. The van der Waals surface area contributed by atoms with E-state index in [-0.39, 0.29) is 5.97 Å². The van der Waals surface area contributed by atoms with Gasteiger partial charge >= 0.3 is 5.97 Å². The van der Waals surface area contributed by atoms with Crippen molar-refractivity contribution in [2.45, 2.75) is 45.6 Å². The second-order valence-electron chi connectivity index (χ2n) is 6.41. The Balaban J connectivity index is 1.73. The van der Waals surface area contributed by atoms with E-state index in [1.54, 1.807) is 0 Å². The lowest BCUT2D eigenvalue weighted by atomic mass is 10.2. The molecule has 0 aliphatic rings. The van der Waals surface area contributed by atoms with Gasteiger partial charge in [0.2, 0.25) is 0 Å². The summed E-state index contributed by atoms with van der Waals surface area (Å²) in [5, 5.41) is 0. The molecular formula is C22H36O6. The van der Waals surface area contributed by atoms with Gasteiger partial charge in [0.15, 0.2) is 0 Å². The molecule has 0 unspecified atom stereocenters. The molecular weight excluding hydrogens is 360 g/mol. The van der Waals surface area contributed by atoms with E-state index in [1.807, 2.05) is 30.3 Å². The topological polar surface area (TPSA) is 63.2 Å². The fourth-order valence-corrected chi connectivity index (χ4v) is 2.41. The maximum absolute atomic E-state index is 11.5. The van der Waals surface area contributed by atoms with E-state index in [0.29, 0.717) is 65.9 Å². The highest BCUT2D eigenvalue weighted by Gasteiger charge is 2.02. The third-order valence-electron chi connectivity index (χ3n) is 3.95. The fraction of sp³-hybridized carbons (Fsp3) is 0.682. The van der Waals surface area contributed by atoms with Gasteiger partial charge in [-0.05, 0) is 12.0 Å². The van der Waals surface area contributed by atoms with Crippen molar-refractivity contribution in [1.29, 1.82) is 0 Å². The molecule has 0 saturated carbocycles. The van der Waals surface area contributed by atoms with E-state index in [4.69, 9.17) is 23.7 Å². The first-order chi connectivity index (χ1) is 13.8. The largest absolute Gasteiger partial charge is 0.463 e. The van der Waals surface area contributed by atoms with Crippen LogP contribution in [0.1, 0.15) is 44.6 Å². The molecule has 6 heteroatoms. The highest BCUT2D eigenvalue weighted by Crippen LogP contribution is 2.03. The van der Waals surface area contributed by atoms with E-state index in [1.165, 1.54) is 12.8 Å². The predicted molar refractivity (Wildman–Crippen MR) is 108 cm³/mol. The van der Waals surface area contributed by atoms with Crippen LogP contribution in [0.2, 0.25) is 0 Å². The lowest BCUT2D eigenvalue weighted by molar-refractivity contribution is -0.145. The van der Waals surface area contributed by atoms with Gasteiger partial charge in [-0.2, -0.15) is 0 Å². The summed E-state index contributed by atoms with van der Waals surface area (Å²) in [6.45, 7) is 6.61. The SMILES string of the molecule is CCCCCCC(=O)OCCOCCOCCOCCOCc1ccccc1. The zero-order valence-corrected chi connectivity index (χ0v) is 17.2. The molecule has 0 aliphatic carbocycles. The number of carbonyl (C=O) groups excluding carboxylic acids is 1. The first kappa shape index (κ1) is 24.6. The summed E-state index contributed by atoms with van der Waals surface area (Å²) in [6.07, 6.45) is 4.83. The smallest absolute Gasteiger partial charge is 0.305 e. The molecule has 0 aliphatic heterocycles. The second-order valence-corrected chi connectivity index (χ2v) is 6.41. The maximum Gasteiger partial charge on any atom is 0.305 e. The van der Waals surface area contributed by atoms with Crippen LogP contribution in [0.3, 0.4) is 0 Å². The van der Waals surface area contributed by atoms with Crippen LogP contribution in [0.5, 0.6) is 0 Å². The number of rotatable bonds is 19. The van der Waals surface area contributed by atoms with Crippen molar-refractivity contribution in [3.05, 3.63) is 35.9 Å². The molecule has 28 heavy (non-hydrogen) atoms. The van der Waals surface area contributed by atoms with Crippen LogP contribution in [0.4, 0.5) is 0 Å². The zero-order chi connectivity index (χ0) is 20.1. The molecule has 0 radical (unpaired) electrons. The summed E-state index contributed by atoms with van der Waals surface area (Å²) in [7, 11) is 0. The number of carbonyl (C=O) groups is 1. The Morgan fingerprint density at radius 1 is 0.714 bits per heavy atom. The average Bonchev–Trinajstić information content (AvgIpc) is 2.72. The number of esters is 1. The van der Waals surface area contributed by atoms with Crippen molar-refractivity contribution in [3.8, 4) is 0 Å². The molecule has 0 saturated heterocycles. The minimum absolute atomic E-state index is 0.138. The Labute approximate surface area is 169 Å². The van der Waals surface area contributed by atoms with Gasteiger partial charge in [0.05, 0.1) is 52.9 Å². The van der Waals surface area contributed by atoms with Crippen molar-refractivity contribution in [3.63, 3.8) is 0 Å². The summed E-state index contributed by atoms with van der Waals surface area (Å²) in [5.41, 5.74) is 1.16. The first-order valence-electron chi connectivity index (χ1n) is 10.3. The van der Waals surface area contributed by atoms with Crippen molar-refractivity contribution in [1.82, 2.24) is 0 Å². The van der Waals surface area contributed by atoms with Gasteiger partial charge in [0.25, 0.3) is 0 Å². The second kappa shape index (κ2) is 18.9. The standard InChI is InChI=1S/C22H36O6/c1-2-3-4-8-11-22(23)28-19-18-26-15-14-24-12-13-25-16-17-27-20-21-9-6-5-7-10-21/h5-7,9-10H,2-4,8,11-20H2,1H3. The van der Waals surface area contributed by atoms with Crippen molar-refractivity contribution >= 4 is 5.97 Å². The molecule has 1 aromatic carbocycles. The molecule has 0 N–H and O–H groups in total. The molecule has 0 atom stereocenters. The number of hydrogen-bond acceptors (Lipinski definition) is 6. The van der Waals surface area contributed by atoms with Gasteiger partial charge < -0.3 is 23.7 Å². The molecule has 0 heterocycles. The molecule has 0 aromatic heterocycles. The molecule has 0 bridgehead atoms. The predicted octanol–water partition coefficient (Wildman–Crippen LogP) is 3.77. The summed E-state index contributed by atoms with van der Waals surface area (Å²) in [5.74, 6) is -0.138. The van der Waals surface area contributed by atoms with Gasteiger partial charge in [-0.1, -0.05) is 56.5 Å². The molecule has 0 fully saturated rings. The lowest BCUT2D eigenvalue weighted by Gasteiger charge is -2.08. The number of unbranched alkanes of at least 4 members (excludes halogenated alkanes) is 3. The third kappa shape index (κ3) is 15.6. The summed E-state index contributed by atoms with van der Waals surface area (Å²) in [6, 6.07) is 10.1. The van der Waals surface area contributed by atoms with Crippen LogP contribution in [-0.2, 0) is 35.1 Å². The fourth-order valence-electron chi connectivity index (χ4n) is 2.41. The minimum Gasteiger partial charge on any atom is -0.463 e. The number of ether oxygens (including phenoxy) is 5. The van der Waals surface area contributed by atoms with Crippen molar-refractivity contribution in [2.24, 2.45) is 0 Å². The minimum atomic E-state index is -0.138. The van der Waals surface area contributed by atoms with E-state index < -0.39 is 0 Å². The van der Waals surface area contributed by atoms with Crippen molar-refractivity contribution < 1.29 is 28.5 Å². The molecule has 6 nitrogen and oxygen atoms in total. The van der Waals surface area contributed by atoms with Crippen LogP contribution in [0.15, 0.2) is 30.3 Å². The Kier molecular flexibility index (Phi) is 16.6. The molecule has 0 spiro atoms. The van der Waals surface area contributed by atoms with Crippen LogP contribution >= 0.6 is 0 Å².